The van der Waals surface area contributed by atoms with Gasteiger partial charge in [-0.1, -0.05) is 0 Å². The summed E-state index contributed by atoms with van der Waals surface area (Å²) in [6.07, 6.45) is 2.34. The van der Waals surface area contributed by atoms with Gasteiger partial charge in [0.2, 0.25) is 0 Å². The van der Waals surface area contributed by atoms with Crippen LogP contribution in [-0.4, -0.2) is 40.3 Å². The Kier molecular flexibility index (Phi) is 5.17. The lowest BCUT2D eigenvalue weighted by molar-refractivity contribution is -0.384. The normalized spacial score (nSPS) is 10.7. The monoisotopic (exact) mass is 389 g/mol. The molecule has 0 fully saturated rings. The van der Waals surface area contributed by atoms with Crippen molar-refractivity contribution in [1.29, 1.82) is 0 Å². The molecule has 9 nitrogen and oxygen atoms in total. The number of aromatic nitrogens is 2. The highest BCUT2D eigenvalue weighted by Crippen LogP contribution is 2.36. The number of nitro groups is 1. The van der Waals surface area contributed by atoms with Crippen molar-refractivity contribution in [1.82, 2.24) is 9.38 Å². The van der Waals surface area contributed by atoms with Crippen LogP contribution in [0.4, 0.5) is 5.69 Å². The Morgan fingerprint density at radius 3 is 2.85 bits per heavy atom. The van der Waals surface area contributed by atoms with Crippen LogP contribution in [0.15, 0.2) is 24.4 Å². The van der Waals surface area contributed by atoms with Crippen LogP contribution in [0, 0.1) is 10.1 Å². The first-order valence-corrected chi connectivity index (χ1v) is 8.74. The van der Waals surface area contributed by atoms with Gasteiger partial charge in [-0.15, -0.1) is 11.3 Å². The van der Waals surface area contributed by atoms with Crippen molar-refractivity contribution in [3.05, 3.63) is 45.1 Å². The van der Waals surface area contributed by atoms with E-state index in [0.717, 1.165) is 0 Å². The number of nitro benzene ring substituents is 1. The van der Waals surface area contributed by atoms with E-state index >= 15 is 0 Å². The van der Waals surface area contributed by atoms with Gasteiger partial charge in [0.15, 0.2) is 11.2 Å². The molecule has 3 rings (SSSR count). The average Bonchev–Trinajstić information content (AvgIpc) is 3.17. The van der Waals surface area contributed by atoms with Crippen molar-refractivity contribution in [2.75, 3.05) is 13.7 Å². The summed E-state index contributed by atoms with van der Waals surface area (Å²) >= 11 is 1.24. The highest BCUT2D eigenvalue weighted by atomic mass is 32.1. The number of fused-ring (bicyclic) bond motifs is 1. The number of rotatable bonds is 7. The van der Waals surface area contributed by atoms with Gasteiger partial charge >= 0.3 is 5.97 Å². The third kappa shape index (κ3) is 3.51. The number of nitrogens with zero attached hydrogens (tertiary/aromatic N) is 3. The van der Waals surface area contributed by atoms with Gasteiger partial charge in [-0.05, 0) is 13.0 Å². The van der Waals surface area contributed by atoms with E-state index in [0.29, 0.717) is 27.4 Å². The molecule has 1 aromatic carbocycles. The molecule has 0 radical (unpaired) electrons. The number of non-ortho nitro benzene ring substituents is 1. The molecule has 0 aliphatic carbocycles. The smallest absolute Gasteiger partial charge is 0.311 e. The Morgan fingerprint density at radius 1 is 1.44 bits per heavy atom. The van der Waals surface area contributed by atoms with Crippen LogP contribution in [-0.2, 0) is 16.0 Å². The number of carbonyl (C=O) groups is 2. The molecular formula is C17H15N3O6S. The molecule has 0 aliphatic rings. The molecular weight excluding hydrogens is 374 g/mol. The molecule has 0 atom stereocenters. The van der Waals surface area contributed by atoms with E-state index in [1.165, 1.54) is 36.6 Å². The first-order valence-electron chi connectivity index (χ1n) is 7.92. The maximum Gasteiger partial charge on any atom is 0.311 e. The molecule has 0 spiro atoms. The Balaban J connectivity index is 2.09. The Morgan fingerprint density at radius 2 is 2.22 bits per heavy atom. The van der Waals surface area contributed by atoms with E-state index < -0.39 is 4.92 Å². The lowest BCUT2D eigenvalue weighted by Crippen LogP contribution is -2.06. The first-order chi connectivity index (χ1) is 13.0. The summed E-state index contributed by atoms with van der Waals surface area (Å²) in [6.45, 7) is 2.01. The molecule has 27 heavy (non-hydrogen) atoms. The summed E-state index contributed by atoms with van der Waals surface area (Å²) in [5, 5.41) is 11.1. The molecule has 3 aromatic rings. The van der Waals surface area contributed by atoms with E-state index in [1.807, 2.05) is 0 Å². The number of benzene rings is 1. The van der Waals surface area contributed by atoms with Gasteiger partial charge in [0, 0.05) is 23.2 Å². The first kappa shape index (κ1) is 18.5. The second kappa shape index (κ2) is 7.54. The number of imidazole rings is 1. The van der Waals surface area contributed by atoms with Gasteiger partial charge in [-0.3, -0.25) is 24.1 Å². The fraction of sp³-hybridized carbons (Fsp3) is 0.235. The molecule has 0 bridgehead atoms. The number of ether oxygens (including phenoxy) is 2. The number of aldehydes is 1. The van der Waals surface area contributed by atoms with E-state index in [4.69, 9.17) is 9.47 Å². The Hall–Kier alpha value is -3.27. The number of thiazole rings is 1. The topological polar surface area (TPSA) is 113 Å². The summed E-state index contributed by atoms with van der Waals surface area (Å²) in [5.41, 5.74) is 0.702. The fourth-order valence-electron chi connectivity index (χ4n) is 2.65. The standard InChI is InChI=1S/C17H15N3O6S/c1-3-26-15(22)7-11-8-19-13(9-21)16(18-17(19)27-11)12-6-10(20(23)24)4-5-14(12)25-2/h4-6,8-9H,3,7H2,1-2H3. The van der Waals surface area contributed by atoms with Gasteiger partial charge in [0.25, 0.3) is 5.69 Å². The molecule has 2 heterocycles. The second-order valence-corrected chi connectivity index (χ2v) is 6.53. The van der Waals surface area contributed by atoms with Crippen LogP contribution in [0.2, 0.25) is 0 Å². The maximum absolute atomic E-state index is 11.7. The van der Waals surface area contributed by atoms with Crippen LogP contribution in [0.5, 0.6) is 5.75 Å². The zero-order valence-electron chi connectivity index (χ0n) is 14.5. The van der Waals surface area contributed by atoms with E-state index in [1.54, 1.807) is 17.5 Å². The maximum atomic E-state index is 11.7. The van der Waals surface area contributed by atoms with Gasteiger partial charge in [0.05, 0.1) is 30.6 Å². The number of esters is 1. The van der Waals surface area contributed by atoms with Crippen molar-refractivity contribution in [2.24, 2.45) is 0 Å². The highest BCUT2D eigenvalue weighted by molar-refractivity contribution is 7.17. The van der Waals surface area contributed by atoms with Crippen molar-refractivity contribution >= 4 is 34.2 Å². The summed E-state index contributed by atoms with van der Waals surface area (Å²) in [7, 11) is 1.43. The second-order valence-electron chi connectivity index (χ2n) is 5.44. The molecule has 2 aromatic heterocycles. The number of methoxy groups -OCH3 is 1. The lowest BCUT2D eigenvalue weighted by Gasteiger charge is -2.06. The SMILES string of the molecule is CCOC(=O)Cc1cn2c(C=O)c(-c3cc([N+](=O)[O-])ccc3OC)nc2s1. The summed E-state index contributed by atoms with van der Waals surface area (Å²) in [4.78, 5) is 39.5. The fourth-order valence-corrected chi connectivity index (χ4v) is 3.62. The Labute approximate surface area is 157 Å². The number of carbonyl (C=O) groups excluding carboxylic acids is 2. The van der Waals surface area contributed by atoms with Gasteiger partial charge in [0.1, 0.15) is 17.1 Å². The van der Waals surface area contributed by atoms with Gasteiger partial charge in [-0.2, -0.15) is 0 Å². The Bertz CT molecular complexity index is 1040. The average molecular weight is 389 g/mol. The molecule has 0 saturated carbocycles. The minimum Gasteiger partial charge on any atom is -0.496 e. The van der Waals surface area contributed by atoms with Crippen molar-refractivity contribution in [3.63, 3.8) is 0 Å². The van der Waals surface area contributed by atoms with Crippen LogP contribution in [0.1, 0.15) is 22.3 Å². The predicted octanol–water partition coefficient (Wildman–Crippen LogP) is 2.90. The largest absolute Gasteiger partial charge is 0.496 e. The molecule has 0 unspecified atom stereocenters. The van der Waals surface area contributed by atoms with Gasteiger partial charge in [-0.25, -0.2) is 4.98 Å². The third-order valence-electron chi connectivity index (χ3n) is 3.80. The van der Waals surface area contributed by atoms with Crippen molar-refractivity contribution in [3.8, 4) is 17.0 Å². The van der Waals surface area contributed by atoms with Gasteiger partial charge < -0.3 is 9.47 Å². The molecule has 140 valence electrons. The zero-order chi connectivity index (χ0) is 19.6. The molecule has 0 aliphatic heterocycles. The van der Waals surface area contributed by atoms with Crippen molar-refractivity contribution in [2.45, 2.75) is 13.3 Å². The minimum absolute atomic E-state index is 0.0790. The van der Waals surface area contributed by atoms with Crippen LogP contribution < -0.4 is 4.74 Å². The van der Waals surface area contributed by atoms with E-state index in [9.17, 15) is 19.7 Å². The van der Waals surface area contributed by atoms with E-state index in [-0.39, 0.29) is 36.1 Å². The van der Waals surface area contributed by atoms with Crippen LogP contribution in [0.25, 0.3) is 16.2 Å². The van der Waals surface area contributed by atoms with Crippen LogP contribution >= 0.6 is 11.3 Å². The zero-order valence-corrected chi connectivity index (χ0v) is 15.3. The third-order valence-corrected chi connectivity index (χ3v) is 4.78. The molecule has 0 saturated heterocycles. The van der Waals surface area contributed by atoms with Crippen LogP contribution in [0.3, 0.4) is 0 Å². The molecule has 0 N–H and O–H groups in total. The summed E-state index contributed by atoms with van der Waals surface area (Å²) in [5.74, 6) is -0.00330. The summed E-state index contributed by atoms with van der Waals surface area (Å²) in [6, 6.07) is 4.10. The summed E-state index contributed by atoms with van der Waals surface area (Å²) < 4.78 is 11.7. The van der Waals surface area contributed by atoms with Crippen molar-refractivity contribution < 1.29 is 24.0 Å². The molecule has 0 amide bonds. The number of hydrogen-bond acceptors (Lipinski definition) is 8. The predicted molar refractivity (Wildman–Crippen MR) is 97.4 cm³/mol. The number of hydrogen-bond donors (Lipinski definition) is 0. The molecule has 10 heteroatoms. The highest BCUT2D eigenvalue weighted by Gasteiger charge is 2.22. The van der Waals surface area contributed by atoms with E-state index in [2.05, 4.69) is 4.98 Å². The quantitative estimate of drug-likeness (QED) is 0.264. The lowest BCUT2D eigenvalue weighted by atomic mass is 10.1. The minimum atomic E-state index is -0.528.